The van der Waals surface area contributed by atoms with Gasteiger partial charge in [0.15, 0.2) is 5.75 Å². The Hall–Kier alpha value is -0.480. The second-order valence-electron chi connectivity index (χ2n) is 7.28. The lowest BCUT2D eigenvalue weighted by atomic mass is 9.84. The lowest BCUT2D eigenvalue weighted by molar-refractivity contribution is 0.0954. The van der Waals surface area contributed by atoms with Crippen molar-refractivity contribution in [1.29, 1.82) is 0 Å². The molecule has 0 amide bonds. The summed E-state index contributed by atoms with van der Waals surface area (Å²) in [6, 6.07) is 5.95. The average Bonchev–Trinajstić information content (AvgIpc) is 2.59. The van der Waals surface area contributed by atoms with Crippen molar-refractivity contribution in [2.75, 3.05) is 19.6 Å². The third kappa shape index (κ3) is 5.01. The Morgan fingerprint density at radius 2 is 1.62 bits per heavy atom. The molecule has 2 N–H and O–H groups in total. The smallest absolute Gasteiger partial charge is 0.156 e. The van der Waals surface area contributed by atoms with Crippen molar-refractivity contribution in [3.63, 3.8) is 0 Å². The standard InChI is InChI=1S/C19H28Cl2N2O/c20-17-2-1-3-18(21)19(17)24-16-9-12-23(13-10-16)11-8-14-4-6-15(22)7-5-14/h1-3,14-16H,4-13,22H2. The molecular formula is C19H28Cl2N2O. The predicted octanol–water partition coefficient (Wildman–Crippen LogP) is 4.74. The van der Waals surface area contributed by atoms with Crippen LogP contribution in [0.15, 0.2) is 18.2 Å². The van der Waals surface area contributed by atoms with Gasteiger partial charge in [-0.3, -0.25) is 0 Å². The first kappa shape index (κ1) is 18.3. The van der Waals surface area contributed by atoms with Crippen molar-refractivity contribution in [1.82, 2.24) is 4.90 Å². The molecular weight excluding hydrogens is 343 g/mol. The molecule has 0 bridgehead atoms. The summed E-state index contributed by atoms with van der Waals surface area (Å²) >= 11 is 12.4. The molecule has 0 atom stereocenters. The maximum atomic E-state index is 6.19. The minimum atomic E-state index is 0.214. The number of benzene rings is 1. The van der Waals surface area contributed by atoms with E-state index in [2.05, 4.69) is 4.90 Å². The van der Waals surface area contributed by atoms with Crippen LogP contribution in [0.4, 0.5) is 0 Å². The van der Waals surface area contributed by atoms with Gasteiger partial charge < -0.3 is 15.4 Å². The monoisotopic (exact) mass is 370 g/mol. The largest absolute Gasteiger partial charge is 0.487 e. The van der Waals surface area contributed by atoms with Crippen LogP contribution in [0, 0.1) is 5.92 Å². The van der Waals surface area contributed by atoms with Gasteiger partial charge in [-0.2, -0.15) is 0 Å². The van der Waals surface area contributed by atoms with Crippen LogP contribution in [-0.2, 0) is 0 Å². The Labute approximate surface area is 155 Å². The number of para-hydroxylation sites is 1. The molecule has 0 aromatic heterocycles. The van der Waals surface area contributed by atoms with Crippen LogP contribution < -0.4 is 10.5 Å². The summed E-state index contributed by atoms with van der Waals surface area (Å²) < 4.78 is 6.07. The molecule has 1 aliphatic heterocycles. The predicted molar refractivity (Wildman–Crippen MR) is 101 cm³/mol. The third-order valence-electron chi connectivity index (χ3n) is 5.48. The molecule has 1 saturated heterocycles. The van der Waals surface area contributed by atoms with Gasteiger partial charge in [-0.05, 0) is 69.5 Å². The van der Waals surface area contributed by atoms with Gasteiger partial charge in [-0.1, -0.05) is 29.3 Å². The summed E-state index contributed by atoms with van der Waals surface area (Å²) in [5.41, 5.74) is 5.99. The molecule has 1 saturated carbocycles. The van der Waals surface area contributed by atoms with Crippen LogP contribution in [0.3, 0.4) is 0 Å². The second kappa shape index (κ2) is 8.75. The molecule has 1 heterocycles. The fourth-order valence-corrected chi connectivity index (χ4v) is 4.34. The highest BCUT2D eigenvalue weighted by atomic mass is 35.5. The fourth-order valence-electron chi connectivity index (χ4n) is 3.85. The number of halogens is 2. The minimum absolute atomic E-state index is 0.214. The summed E-state index contributed by atoms with van der Waals surface area (Å²) in [6.07, 6.45) is 8.64. The molecule has 3 rings (SSSR count). The van der Waals surface area contributed by atoms with Gasteiger partial charge in [0.25, 0.3) is 0 Å². The molecule has 1 aliphatic carbocycles. The number of rotatable bonds is 5. The van der Waals surface area contributed by atoms with Gasteiger partial charge in [-0.25, -0.2) is 0 Å². The maximum Gasteiger partial charge on any atom is 0.156 e. The van der Waals surface area contributed by atoms with Gasteiger partial charge in [0.05, 0.1) is 10.0 Å². The molecule has 0 spiro atoms. The first-order chi connectivity index (χ1) is 11.6. The van der Waals surface area contributed by atoms with E-state index in [1.54, 1.807) is 0 Å². The van der Waals surface area contributed by atoms with Crippen LogP contribution in [0.25, 0.3) is 0 Å². The molecule has 1 aromatic carbocycles. The number of hydrogen-bond acceptors (Lipinski definition) is 3. The van der Waals surface area contributed by atoms with E-state index < -0.39 is 0 Å². The molecule has 2 fully saturated rings. The van der Waals surface area contributed by atoms with E-state index in [9.17, 15) is 0 Å². The Morgan fingerprint density at radius 1 is 1.00 bits per heavy atom. The number of nitrogens with zero attached hydrogens (tertiary/aromatic N) is 1. The average molecular weight is 371 g/mol. The number of nitrogens with two attached hydrogens (primary N) is 1. The van der Waals surface area contributed by atoms with Crippen LogP contribution in [0.5, 0.6) is 5.75 Å². The summed E-state index contributed by atoms with van der Waals surface area (Å²) in [5, 5.41) is 1.20. The highest BCUT2D eigenvalue weighted by Gasteiger charge is 2.24. The quantitative estimate of drug-likeness (QED) is 0.812. The SMILES string of the molecule is NC1CCC(CCN2CCC(Oc3c(Cl)cccc3Cl)CC2)CC1. The van der Waals surface area contributed by atoms with Gasteiger partial charge in [0.2, 0.25) is 0 Å². The zero-order valence-electron chi connectivity index (χ0n) is 14.2. The Bertz CT molecular complexity index is 504. The fraction of sp³-hybridized carbons (Fsp3) is 0.684. The number of ether oxygens (including phenoxy) is 1. The number of piperidine rings is 1. The van der Waals surface area contributed by atoms with Gasteiger partial charge in [0, 0.05) is 19.1 Å². The van der Waals surface area contributed by atoms with Crippen molar-refractivity contribution in [3.8, 4) is 5.75 Å². The Morgan fingerprint density at radius 3 is 2.25 bits per heavy atom. The van der Waals surface area contributed by atoms with Crippen molar-refractivity contribution >= 4 is 23.2 Å². The maximum absolute atomic E-state index is 6.19. The Balaban J connectivity index is 1.40. The van der Waals surface area contributed by atoms with E-state index in [4.69, 9.17) is 33.7 Å². The molecule has 3 nitrogen and oxygen atoms in total. The highest BCUT2D eigenvalue weighted by molar-refractivity contribution is 6.37. The van der Waals surface area contributed by atoms with E-state index in [1.807, 2.05) is 18.2 Å². The third-order valence-corrected chi connectivity index (χ3v) is 6.08. The molecule has 0 unspecified atom stereocenters. The topological polar surface area (TPSA) is 38.5 Å². The summed E-state index contributed by atoms with van der Waals surface area (Å²) in [7, 11) is 0. The summed E-state index contributed by atoms with van der Waals surface area (Å²) in [5.74, 6) is 1.51. The van der Waals surface area contributed by atoms with Crippen LogP contribution in [0.1, 0.15) is 44.9 Å². The van der Waals surface area contributed by atoms with E-state index in [-0.39, 0.29) is 6.10 Å². The molecule has 134 valence electrons. The van der Waals surface area contributed by atoms with Gasteiger partial charge in [-0.15, -0.1) is 0 Å². The normalized spacial score (nSPS) is 26.5. The summed E-state index contributed by atoms with van der Waals surface area (Å²) in [4.78, 5) is 2.57. The van der Waals surface area contributed by atoms with Gasteiger partial charge >= 0.3 is 0 Å². The highest BCUT2D eigenvalue weighted by Crippen LogP contribution is 2.34. The second-order valence-corrected chi connectivity index (χ2v) is 8.09. The minimum Gasteiger partial charge on any atom is -0.487 e. The zero-order chi connectivity index (χ0) is 16.9. The molecule has 2 aliphatic rings. The van der Waals surface area contributed by atoms with Crippen LogP contribution in [0.2, 0.25) is 10.0 Å². The molecule has 24 heavy (non-hydrogen) atoms. The van der Waals surface area contributed by atoms with Crippen LogP contribution in [-0.4, -0.2) is 36.7 Å². The first-order valence-corrected chi connectivity index (χ1v) is 9.96. The van der Waals surface area contributed by atoms with E-state index in [1.165, 1.54) is 38.6 Å². The van der Waals surface area contributed by atoms with Crippen molar-refractivity contribution in [2.45, 2.75) is 57.1 Å². The summed E-state index contributed by atoms with van der Waals surface area (Å²) in [6.45, 7) is 3.40. The van der Waals surface area contributed by atoms with E-state index >= 15 is 0 Å². The van der Waals surface area contributed by atoms with E-state index in [0.29, 0.717) is 21.8 Å². The van der Waals surface area contributed by atoms with Crippen molar-refractivity contribution < 1.29 is 4.74 Å². The first-order valence-electron chi connectivity index (χ1n) is 9.20. The molecule has 5 heteroatoms. The van der Waals surface area contributed by atoms with Crippen molar-refractivity contribution in [3.05, 3.63) is 28.2 Å². The number of hydrogen-bond donors (Lipinski definition) is 1. The van der Waals surface area contributed by atoms with E-state index in [0.717, 1.165) is 31.8 Å². The Kier molecular flexibility index (Phi) is 6.68. The lowest BCUT2D eigenvalue weighted by Crippen LogP contribution is -2.39. The van der Waals surface area contributed by atoms with Crippen LogP contribution >= 0.6 is 23.2 Å². The lowest BCUT2D eigenvalue weighted by Gasteiger charge is -2.34. The molecule has 0 radical (unpaired) electrons. The number of likely N-dealkylation sites (tertiary alicyclic amines) is 1. The van der Waals surface area contributed by atoms with Crippen molar-refractivity contribution in [2.24, 2.45) is 11.7 Å². The zero-order valence-corrected chi connectivity index (χ0v) is 15.7. The molecule has 1 aromatic rings. The van der Waals surface area contributed by atoms with Gasteiger partial charge in [0.1, 0.15) is 6.10 Å².